The third kappa shape index (κ3) is 2.81. The molecular formula is C10H15NO2. The lowest BCUT2D eigenvalue weighted by atomic mass is 10.1. The lowest BCUT2D eigenvalue weighted by Crippen LogP contribution is -2.15. The Bertz CT molecular complexity index is 246. The minimum Gasteiger partial charge on any atom is -0.392 e. The average molecular weight is 181 g/mol. The fourth-order valence-corrected chi connectivity index (χ4v) is 1.15. The van der Waals surface area contributed by atoms with E-state index in [1.54, 1.807) is 7.11 Å². The summed E-state index contributed by atoms with van der Waals surface area (Å²) < 4.78 is 4.94. The van der Waals surface area contributed by atoms with Crippen LogP contribution in [0.3, 0.4) is 0 Å². The summed E-state index contributed by atoms with van der Waals surface area (Å²) in [5.41, 5.74) is 7.73. The summed E-state index contributed by atoms with van der Waals surface area (Å²) in [6.45, 7) is 0.582. The van der Waals surface area contributed by atoms with Gasteiger partial charge < -0.3 is 15.6 Å². The van der Waals surface area contributed by atoms with E-state index in [0.717, 1.165) is 11.1 Å². The van der Waals surface area contributed by atoms with Crippen LogP contribution in [-0.4, -0.2) is 18.8 Å². The minimum atomic E-state index is -0.0854. The van der Waals surface area contributed by atoms with Gasteiger partial charge in [-0.25, -0.2) is 0 Å². The van der Waals surface area contributed by atoms with E-state index < -0.39 is 0 Å². The number of benzene rings is 1. The molecule has 0 aliphatic carbocycles. The molecule has 0 aromatic heterocycles. The van der Waals surface area contributed by atoms with Crippen molar-refractivity contribution in [1.82, 2.24) is 0 Å². The van der Waals surface area contributed by atoms with Gasteiger partial charge in [0.2, 0.25) is 0 Å². The maximum Gasteiger partial charge on any atom is 0.0681 e. The molecule has 1 unspecified atom stereocenters. The number of nitrogens with two attached hydrogens (primary N) is 1. The summed E-state index contributed by atoms with van der Waals surface area (Å²) in [7, 11) is 1.63. The zero-order valence-corrected chi connectivity index (χ0v) is 7.73. The van der Waals surface area contributed by atoms with Gasteiger partial charge in [-0.15, -0.1) is 0 Å². The van der Waals surface area contributed by atoms with Crippen LogP contribution in [0.4, 0.5) is 0 Å². The normalized spacial score (nSPS) is 12.8. The predicted molar refractivity (Wildman–Crippen MR) is 51.2 cm³/mol. The summed E-state index contributed by atoms with van der Waals surface area (Å²) in [6, 6.07) is 7.47. The van der Waals surface area contributed by atoms with E-state index in [2.05, 4.69) is 0 Å². The Kier molecular flexibility index (Phi) is 3.89. The molecule has 1 atom stereocenters. The molecule has 0 bridgehead atoms. The van der Waals surface area contributed by atoms with Crippen LogP contribution in [0.1, 0.15) is 17.2 Å². The summed E-state index contributed by atoms with van der Waals surface area (Å²) in [5.74, 6) is 0. The Morgan fingerprint density at radius 1 is 1.38 bits per heavy atom. The molecule has 0 fully saturated rings. The van der Waals surface area contributed by atoms with Gasteiger partial charge >= 0.3 is 0 Å². The Morgan fingerprint density at radius 2 is 2.00 bits per heavy atom. The fraction of sp³-hybridized carbons (Fsp3) is 0.400. The quantitative estimate of drug-likeness (QED) is 0.723. The number of hydrogen-bond acceptors (Lipinski definition) is 3. The van der Waals surface area contributed by atoms with Crippen LogP contribution in [0.15, 0.2) is 24.3 Å². The number of methoxy groups -OCH3 is 1. The molecule has 1 rings (SSSR count). The predicted octanol–water partition coefficient (Wildman–Crippen LogP) is 0.825. The fourth-order valence-electron chi connectivity index (χ4n) is 1.15. The molecule has 72 valence electrons. The van der Waals surface area contributed by atoms with Crippen LogP contribution < -0.4 is 5.73 Å². The maximum absolute atomic E-state index is 8.81. The number of aliphatic hydroxyl groups is 1. The summed E-state index contributed by atoms with van der Waals surface area (Å²) >= 11 is 0. The van der Waals surface area contributed by atoms with Crippen LogP contribution in [0.2, 0.25) is 0 Å². The van der Waals surface area contributed by atoms with E-state index in [9.17, 15) is 0 Å². The van der Waals surface area contributed by atoms with Crippen molar-refractivity contribution in [3.05, 3.63) is 35.4 Å². The second-order valence-corrected chi connectivity index (χ2v) is 2.96. The summed E-state index contributed by atoms with van der Waals surface area (Å²) in [4.78, 5) is 0. The van der Waals surface area contributed by atoms with E-state index in [4.69, 9.17) is 15.6 Å². The first-order valence-corrected chi connectivity index (χ1v) is 4.22. The third-order valence-electron chi connectivity index (χ3n) is 1.94. The molecule has 0 aliphatic rings. The van der Waals surface area contributed by atoms with Crippen molar-refractivity contribution < 1.29 is 9.84 Å². The van der Waals surface area contributed by atoms with Gasteiger partial charge in [-0.3, -0.25) is 0 Å². The molecule has 0 saturated heterocycles. The zero-order valence-electron chi connectivity index (χ0n) is 7.73. The first-order chi connectivity index (χ1) is 6.27. The number of aliphatic hydroxyl groups excluding tert-OH is 1. The molecule has 1 aromatic rings. The van der Waals surface area contributed by atoms with Crippen LogP contribution in [0, 0.1) is 0 Å². The van der Waals surface area contributed by atoms with Crippen LogP contribution >= 0.6 is 0 Å². The van der Waals surface area contributed by atoms with Gasteiger partial charge in [0.15, 0.2) is 0 Å². The van der Waals surface area contributed by atoms with Gasteiger partial charge in [-0.2, -0.15) is 0 Å². The van der Waals surface area contributed by atoms with Crippen LogP contribution in [0.25, 0.3) is 0 Å². The highest BCUT2D eigenvalue weighted by Gasteiger charge is 2.04. The van der Waals surface area contributed by atoms with Crippen molar-refractivity contribution >= 4 is 0 Å². The van der Waals surface area contributed by atoms with Gasteiger partial charge in [0.25, 0.3) is 0 Å². The van der Waals surface area contributed by atoms with Crippen molar-refractivity contribution in [2.24, 2.45) is 5.73 Å². The lowest BCUT2D eigenvalue weighted by molar-refractivity contribution is 0.181. The number of rotatable bonds is 4. The first-order valence-electron chi connectivity index (χ1n) is 4.22. The van der Waals surface area contributed by atoms with E-state index in [-0.39, 0.29) is 12.6 Å². The largest absolute Gasteiger partial charge is 0.392 e. The summed E-state index contributed by atoms with van der Waals surface area (Å²) in [5, 5.41) is 8.81. The van der Waals surface area contributed by atoms with Crippen LogP contribution in [0.5, 0.6) is 0 Å². The van der Waals surface area contributed by atoms with Gasteiger partial charge in [0.1, 0.15) is 0 Å². The highest BCUT2D eigenvalue weighted by Crippen LogP contribution is 2.11. The smallest absolute Gasteiger partial charge is 0.0681 e. The minimum absolute atomic E-state index is 0.0692. The molecule has 3 heteroatoms. The standard InChI is InChI=1S/C10H15NO2/c1-13-7-10(11)9-4-2-8(6-12)3-5-9/h2-5,10,12H,6-7,11H2,1H3. The second kappa shape index (κ2) is 4.97. The van der Waals surface area contributed by atoms with Gasteiger partial charge in [-0.05, 0) is 11.1 Å². The van der Waals surface area contributed by atoms with Gasteiger partial charge in [-0.1, -0.05) is 24.3 Å². The van der Waals surface area contributed by atoms with E-state index in [1.165, 1.54) is 0 Å². The second-order valence-electron chi connectivity index (χ2n) is 2.96. The molecule has 0 radical (unpaired) electrons. The molecule has 0 spiro atoms. The lowest BCUT2D eigenvalue weighted by Gasteiger charge is -2.10. The van der Waals surface area contributed by atoms with Crippen molar-refractivity contribution in [2.75, 3.05) is 13.7 Å². The molecule has 13 heavy (non-hydrogen) atoms. The highest BCUT2D eigenvalue weighted by atomic mass is 16.5. The Hall–Kier alpha value is -0.900. The Morgan fingerprint density at radius 3 is 2.46 bits per heavy atom. The van der Waals surface area contributed by atoms with E-state index in [0.29, 0.717) is 6.61 Å². The molecule has 0 heterocycles. The van der Waals surface area contributed by atoms with Gasteiger partial charge in [0.05, 0.1) is 19.3 Å². The van der Waals surface area contributed by atoms with Crippen LogP contribution in [-0.2, 0) is 11.3 Å². The molecule has 1 aromatic carbocycles. The molecule has 0 saturated carbocycles. The molecule has 0 amide bonds. The summed E-state index contributed by atoms with van der Waals surface area (Å²) in [6.07, 6.45) is 0. The third-order valence-corrected chi connectivity index (χ3v) is 1.94. The zero-order chi connectivity index (χ0) is 9.68. The Labute approximate surface area is 78.1 Å². The Balaban J connectivity index is 2.67. The molecular weight excluding hydrogens is 166 g/mol. The average Bonchev–Trinajstić information content (AvgIpc) is 2.18. The van der Waals surface area contributed by atoms with Crippen molar-refractivity contribution in [3.63, 3.8) is 0 Å². The topological polar surface area (TPSA) is 55.5 Å². The maximum atomic E-state index is 8.81. The molecule has 0 aliphatic heterocycles. The van der Waals surface area contributed by atoms with Gasteiger partial charge in [0, 0.05) is 7.11 Å². The van der Waals surface area contributed by atoms with Crippen molar-refractivity contribution in [1.29, 1.82) is 0 Å². The highest BCUT2D eigenvalue weighted by molar-refractivity contribution is 5.24. The number of hydrogen-bond donors (Lipinski definition) is 2. The monoisotopic (exact) mass is 181 g/mol. The van der Waals surface area contributed by atoms with Crippen molar-refractivity contribution in [2.45, 2.75) is 12.6 Å². The van der Waals surface area contributed by atoms with Crippen molar-refractivity contribution in [3.8, 4) is 0 Å². The van der Waals surface area contributed by atoms with E-state index in [1.807, 2.05) is 24.3 Å². The first kappa shape index (κ1) is 10.2. The molecule has 3 nitrogen and oxygen atoms in total. The molecule has 3 N–H and O–H groups in total. The SMILES string of the molecule is COCC(N)c1ccc(CO)cc1. The van der Waals surface area contributed by atoms with E-state index >= 15 is 0 Å². The number of ether oxygens (including phenoxy) is 1.